The average molecular weight is 297 g/mol. The fourth-order valence-electron chi connectivity index (χ4n) is 1.30. The van der Waals surface area contributed by atoms with E-state index in [-0.39, 0.29) is 5.56 Å². The van der Waals surface area contributed by atoms with Crippen LogP contribution in [0.3, 0.4) is 0 Å². The third kappa shape index (κ3) is 4.45. The molecule has 0 aliphatic heterocycles. The van der Waals surface area contributed by atoms with Crippen molar-refractivity contribution in [3.05, 3.63) is 22.3 Å². The molecule has 0 atom stereocenters. The molecular formula is C12H13BrN2O2. The number of anilines is 1. The lowest BCUT2D eigenvalue weighted by molar-refractivity contribution is 0.0697. The highest BCUT2D eigenvalue weighted by Crippen LogP contribution is 2.18. The molecule has 0 saturated heterocycles. The van der Waals surface area contributed by atoms with E-state index in [1.807, 2.05) is 0 Å². The fraction of sp³-hybridized carbons (Fsp3) is 0.333. The number of halogens is 1. The molecule has 1 rings (SSSR count). The summed E-state index contributed by atoms with van der Waals surface area (Å²) in [6, 6.07) is 1.53. The number of unbranched alkanes of at least 4 members (excludes halogenated alkanes) is 2. The third-order valence-corrected chi connectivity index (χ3v) is 2.56. The van der Waals surface area contributed by atoms with Gasteiger partial charge in [-0.25, -0.2) is 9.78 Å². The number of nitrogens with zero attached hydrogens (tertiary/aromatic N) is 1. The lowest BCUT2D eigenvalue weighted by Crippen LogP contribution is -2.09. The Morgan fingerprint density at radius 1 is 1.59 bits per heavy atom. The first-order valence-electron chi connectivity index (χ1n) is 5.21. The van der Waals surface area contributed by atoms with Crippen molar-refractivity contribution in [2.45, 2.75) is 19.3 Å². The van der Waals surface area contributed by atoms with Crippen LogP contribution >= 0.6 is 15.9 Å². The Hall–Kier alpha value is -1.54. The van der Waals surface area contributed by atoms with Gasteiger partial charge in [0.2, 0.25) is 0 Å². The van der Waals surface area contributed by atoms with E-state index in [4.69, 9.17) is 11.5 Å². The number of aromatic carboxylic acids is 1. The second kappa shape index (κ2) is 6.92. The predicted octanol–water partition coefficient (Wildman–Crippen LogP) is 2.76. The Balaban J connectivity index is 2.59. The van der Waals surface area contributed by atoms with Gasteiger partial charge in [-0.15, -0.1) is 12.3 Å². The monoisotopic (exact) mass is 296 g/mol. The Bertz CT molecular complexity index is 441. The van der Waals surface area contributed by atoms with Crippen molar-refractivity contribution in [3.63, 3.8) is 0 Å². The van der Waals surface area contributed by atoms with Crippen molar-refractivity contribution >= 4 is 27.7 Å². The molecule has 0 aliphatic carbocycles. The molecule has 0 fully saturated rings. The molecule has 1 heterocycles. The minimum absolute atomic E-state index is 0.163. The van der Waals surface area contributed by atoms with E-state index in [0.717, 1.165) is 19.3 Å². The molecule has 17 heavy (non-hydrogen) atoms. The van der Waals surface area contributed by atoms with Crippen LogP contribution in [0.15, 0.2) is 16.7 Å². The molecule has 0 aliphatic rings. The summed E-state index contributed by atoms with van der Waals surface area (Å²) >= 11 is 3.19. The number of nitrogens with one attached hydrogen (secondary N) is 1. The number of pyridine rings is 1. The molecule has 0 unspecified atom stereocenters. The molecule has 0 saturated carbocycles. The van der Waals surface area contributed by atoms with Gasteiger partial charge in [-0.3, -0.25) is 0 Å². The highest BCUT2D eigenvalue weighted by molar-refractivity contribution is 9.10. The molecular weight excluding hydrogens is 284 g/mol. The first-order chi connectivity index (χ1) is 8.15. The Morgan fingerprint density at radius 2 is 2.35 bits per heavy atom. The number of carboxylic acid groups (broad SMARTS) is 1. The van der Waals surface area contributed by atoms with E-state index in [1.54, 1.807) is 6.20 Å². The predicted molar refractivity (Wildman–Crippen MR) is 70.1 cm³/mol. The van der Waals surface area contributed by atoms with Gasteiger partial charge < -0.3 is 10.4 Å². The molecule has 90 valence electrons. The maximum absolute atomic E-state index is 11.0. The van der Waals surface area contributed by atoms with E-state index in [0.29, 0.717) is 16.8 Å². The van der Waals surface area contributed by atoms with Gasteiger partial charge in [0.05, 0.1) is 0 Å². The maximum Gasteiger partial charge on any atom is 0.339 e. The lowest BCUT2D eigenvalue weighted by Gasteiger charge is -2.08. The molecule has 2 N–H and O–H groups in total. The van der Waals surface area contributed by atoms with Crippen LogP contribution in [0.4, 0.5) is 5.82 Å². The van der Waals surface area contributed by atoms with Crippen LogP contribution in [-0.4, -0.2) is 22.6 Å². The number of carboxylic acids is 1. The SMILES string of the molecule is C#CCCCCNc1ncc(Br)cc1C(=O)O. The zero-order valence-electron chi connectivity index (χ0n) is 9.24. The summed E-state index contributed by atoms with van der Waals surface area (Å²) in [4.78, 5) is 15.0. The molecule has 1 aromatic heterocycles. The second-order valence-corrected chi connectivity index (χ2v) is 4.36. The zero-order chi connectivity index (χ0) is 12.7. The van der Waals surface area contributed by atoms with E-state index in [9.17, 15) is 4.79 Å². The summed E-state index contributed by atoms with van der Waals surface area (Å²) in [5, 5.41) is 12.0. The van der Waals surface area contributed by atoms with Gasteiger partial charge in [-0.2, -0.15) is 0 Å². The standard InChI is InChI=1S/C12H13BrN2O2/c1-2-3-4-5-6-14-11-10(12(16)17)7-9(13)8-15-11/h1,7-8H,3-6H2,(H,14,15)(H,16,17). The van der Waals surface area contributed by atoms with Gasteiger partial charge >= 0.3 is 5.97 Å². The number of rotatable bonds is 6. The van der Waals surface area contributed by atoms with Crippen LogP contribution in [0.5, 0.6) is 0 Å². The lowest BCUT2D eigenvalue weighted by atomic mass is 10.2. The van der Waals surface area contributed by atoms with Crippen LogP contribution < -0.4 is 5.32 Å². The van der Waals surface area contributed by atoms with Gasteiger partial charge in [0.1, 0.15) is 11.4 Å². The van der Waals surface area contributed by atoms with Gasteiger partial charge in [0.15, 0.2) is 0 Å². The molecule has 4 nitrogen and oxygen atoms in total. The number of terminal acetylenes is 1. The van der Waals surface area contributed by atoms with Gasteiger partial charge in [0, 0.05) is 23.6 Å². The Labute approximate surface area is 109 Å². The largest absolute Gasteiger partial charge is 0.478 e. The van der Waals surface area contributed by atoms with E-state index < -0.39 is 5.97 Å². The smallest absolute Gasteiger partial charge is 0.339 e. The van der Waals surface area contributed by atoms with Crippen molar-refractivity contribution < 1.29 is 9.90 Å². The normalized spacial score (nSPS) is 9.65. The second-order valence-electron chi connectivity index (χ2n) is 3.44. The van der Waals surface area contributed by atoms with Gasteiger partial charge in [-0.05, 0) is 34.8 Å². The molecule has 0 radical (unpaired) electrons. The summed E-state index contributed by atoms with van der Waals surface area (Å²) in [6.07, 6.45) is 9.25. The van der Waals surface area contributed by atoms with Crippen LogP contribution in [0.1, 0.15) is 29.6 Å². The maximum atomic E-state index is 11.0. The van der Waals surface area contributed by atoms with Crippen LogP contribution in [0.2, 0.25) is 0 Å². The summed E-state index contributed by atoms with van der Waals surface area (Å²) in [5.41, 5.74) is 0.163. The molecule has 0 amide bonds. The summed E-state index contributed by atoms with van der Waals surface area (Å²) in [5.74, 6) is 1.95. The molecule has 0 bridgehead atoms. The zero-order valence-corrected chi connectivity index (χ0v) is 10.8. The minimum Gasteiger partial charge on any atom is -0.478 e. The van der Waals surface area contributed by atoms with E-state index >= 15 is 0 Å². The molecule has 0 spiro atoms. The summed E-state index contributed by atoms with van der Waals surface area (Å²) in [6.45, 7) is 0.663. The van der Waals surface area contributed by atoms with Crippen molar-refractivity contribution in [2.75, 3.05) is 11.9 Å². The average Bonchev–Trinajstić information content (AvgIpc) is 2.30. The van der Waals surface area contributed by atoms with Crippen molar-refractivity contribution in [2.24, 2.45) is 0 Å². The van der Waals surface area contributed by atoms with Crippen LogP contribution in [-0.2, 0) is 0 Å². The Kier molecular flexibility index (Phi) is 5.50. The number of aromatic nitrogens is 1. The quantitative estimate of drug-likeness (QED) is 0.626. The van der Waals surface area contributed by atoms with E-state index in [1.165, 1.54) is 6.07 Å². The fourth-order valence-corrected chi connectivity index (χ4v) is 1.63. The molecule has 0 aromatic carbocycles. The molecule has 1 aromatic rings. The van der Waals surface area contributed by atoms with Crippen LogP contribution in [0.25, 0.3) is 0 Å². The first-order valence-corrected chi connectivity index (χ1v) is 6.00. The number of hydrogen-bond donors (Lipinski definition) is 2. The van der Waals surface area contributed by atoms with Crippen molar-refractivity contribution in [1.82, 2.24) is 4.98 Å². The molecule has 5 heteroatoms. The first kappa shape index (κ1) is 13.5. The van der Waals surface area contributed by atoms with Gasteiger partial charge in [0.25, 0.3) is 0 Å². The number of carbonyl (C=O) groups is 1. The summed E-state index contributed by atoms with van der Waals surface area (Å²) in [7, 11) is 0. The van der Waals surface area contributed by atoms with Crippen molar-refractivity contribution in [3.8, 4) is 12.3 Å². The van der Waals surface area contributed by atoms with E-state index in [2.05, 4.69) is 32.2 Å². The van der Waals surface area contributed by atoms with Crippen LogP contribution in [0, 0.1) is 12.3 Å². The van der Waals surface area contributed by atoms with Gasteiger partial charge in [-0.1, -0.05) is 0 Å². The highest BCUT2D eigenvalue weighted by atomic mass is 79.9. The minimum atomic E-state index is -0.995. The topological polar surface area (TPSA) is 62.2 Å². The van der Waals surface area contributed by atoms with Crippen molar-refractivity contribution in [1.29, 1.82) is 0 Å². The number of hydrogen-bond acceptors (Lipinski definition) is 3. The highest BCUT2D eigenvalue weighted by Gasteiger charge is 2.11. The Morgan fingerprint density at radius 3 is 3.00 bits per heavy atom. The summed E-state index contributed by atoms with van der Waals surface area (Å²) < 4.78 is 0.646. The third-order valence-electron chi connectivity index (χ3n) is 2.13.